The average Bonchev–Trinajstić information content (AvgIpc) is 2.29. The molecule has 0 spiro atoms. The molecular weight excluding hydrogens is 194 g/mol. The zero-order valence-corrected chi connectivity index (χ0v) is 10.4. The van der Waals surface area contributed by atoms with E-state index >= 15 is 0 Å². The predicted molar refractivity (Wildman–Crippen MR) is 71.7 cm³/mol. The third kappa shape index (κ3) is 6.41. The minimum atomic E-state index is 0.595. The van der Waals surface area contributed by atoms with Crippen LogP contribution in [0.5, 0.6) is 0 Å². The third-order valence-corrected chi connectivity index (χ3v) is 2.47. The van der Waals surface area contributed by atoms with E-state index in [1.165, 1.54) is 5.56 Å². The molecule has 88 valence electrons. The third-order valence-electron chi connectivity index (χ3n) is 2.47. The summed E-state index contributed by atoms with van der Waals surface area (Å²) in [5.74, 6) is 0. The van der Waals surface area contributed by atoms with Gasteiger partial charge in [0.25, 0.3) is 0 Å². The number of hydrogen-bond acceptors (Lipinski definition) is 1. The summed E-state index contributed by atoms with van der Waals surface area (Å²) in [6, 6.07) is 11.2. The van der Waals surface area contributed by atoms with Gasteiger partial charge in [-0.05, 0) is 31.4 Å². The lowest BCUT2D eigenvalue weighted by Gasteiger charge is -2.04. The fourth-order valence-electron chi connectivity index (χ4n) is 1.59. The highest BCUT2D eigenvalue weighted by Gasteiger charge is 1.89. The van der Waals surface area contributed by atoms with E-state index < -0.39 is 0 Å². The number of aryl methyl sites for hydroxylation is 1. The van der Waals surface area contributed by atoms with Crippen LogP contribution in [0.25, 0.3) is 0 Å². The minimum absolute atomic E-state index is 0.595. The lowest BCUT2D eigenvalue weighted by atomic mass is 10.1. The second-order valence-corrected chi connectivity index (χ2v) is 4.39. The number of nitrogens with one attached hydrogen (secondary N) is 1. The van der Waals surface area contributed by atoms with Crippen LogP contribution in [0.4, 0.5) is 0 Å². The van der Waals surface area contributed by atoms with Gasteiger partial charge < -0.3 is 5.32 Å². The molecule has 1 N–H and O–H groups in total. The van der Waals surface area contributed by atoms with Crippen molar-refractivity contribution in [2.24, 2.45) is 0 Å². The van der Waals surface area contributed by atoms with Crippen LogP contribution in [0.15, 0.2) is 42.5 Å². The number of allylic oxidation sites excluding steroid dienone is 1. The Labute approximate surface area is 99.6 Å². The van der Waals surface area contributed by atoms with Crippen LogP contribution < -0.4 is 5.32 Å². The van der Waals surface area contributed by atoms with Crippen molar-refractivity contribution in [3.8, 4) is 0 Å². The van der Waals surface area contributed by atoms with E-state index in [0.29, 0.717) is 6.04 Å². The summed E-state index contributed by atoms with van der Waals surface area (Å²) >= 11 is 0. The molecular formula is C15H23N. The predicted octanol–water partition coefficient (Wildman–Crippen LogP) is 3.56. The van der Waals surface area contributed by atoms with Crippen LogP contribution >= 0.6 is 0 Å². The minimum Gasteiger partial charge on any atom is -0.314 e. The second kappa shape index (κ2) is 8.12. The van der Waals surface area contributed by atoms with Gasteiger partial charge in [0.2, 0.25) is 0 Å². The highest BCUT2D eigenvalue weighted by Crippen LogP contribution is 2.02. The average molecular weight is 217 g/mol. The molecule has 1 nitrogen and oxygen atoms in total. The maximum absolute atomic E-state index is 3.40. The van der Waals surface area contributed by atoms with Gasteiger partial charge in [0.1, 0.15) is 0 Å². The largest absolute Gasteiger partial charge is 0.314 e. The number of hydrogen-bond donors (Lipinski definition) is 1. The molecule has 0 saturated carbocycles. The lowest BCUT2D eigenvalue weighted by molar-refractivity contribution is 0.594. The van der Waals surface area contributed by atoms with Crippen LogP contribution in [0.3, 0.4) is 0 Å². The summed E-state index contributed by atoms with van der Waals surface area (Å²) in [6.45, 7) is 5.44. The molecule has 0 atom stereocenters. The van der Waals surface area contributed by atoms with E-state index in [1.807, 2.05) is 0 Å². The number of benzene rings is 1. The van der Waals surface area contributed by atoms with Gasteiger partial charge in [-0.15, -0.1) is 0 Å². The molecule has 0 aliphatic rings. The Bertz CT molecular complexity index is 288. The fraction of sp³-hybridized carbons (Fsp3) is 0.467. The van der Waals surface area contributed by atoms with Gasteiger partial charge in [0.05, 0.1) is 0 Å². The summed E-state index contributed by atoms with van der Waals surface area (Å²) < 4.78 is 0. The van der Waals surface area contributed by atoms with E-state index in [-0.39, 0.29) is 0 Å². The molecule has 0 aliphatic carbocycles. The zero-order chi connectivity index (χ0) is 11.6. The summed E-state index contributed by atoms with van der Waals surface area (Å²) in [7, 11) is 0. The molecule has 1 aromatic rings. The Morgan fingerprint density at radius 1 is 1.06 bits per heavy atom. The Morgan fingerprint density at radius 3 is 2.44 bits per heavy atom. The van der Waals surface area contributed by atoms with Crippen molar-refractivity contribution in [1.29, 1.82) is 0 Å². The molecule has 0 radical (unpaired) electrons. The fourth-order valence-corrected chi connectivity index (χ4v) is 1.59. The lowest BCUT2D eigenvalue weighted by Crippen LogP contribution is -2.23. The van der Waals surface area contributed by atoms with E-state index in [1.54, 1.807) is 0 Å². The van der Waals surface area contributed by atoms with Crippen LogP contribution in [0.1, 0.15) is 32.3 Å². The van der Waals surface area contributed by atoms with E-state index in [2.05, 4.69) is 61.6 Å². The Morgan fingerprint density at radius 2 is 1.75 bits per heavy atom. The van der Waals surface area contributed by atoms with Gasteiger partial charge in [0, 0.05) is 6.04 Å². The Hall–Kier alpha value is -1.08. The Kier molecular flexibility index (Phi) is 6.59. The van der Waals surface area contributed by atoms with Crippen molar-refractivity contribution in [1.82, 2.24) is 5.32 Å². The van der Waals surface area contributed by atoms with Crippen LogP contribution in [0, 0.1) is 0 Å². The highest BCUT2D eigenvalue weighted by molar-refractivity contribution is 5.15. The standard InChI is InChI=1S/C15H23N/c1-14(2)16-13-9-4-3-6-10-15-11-7-5-8-12-15/h3-5,7-8,11-12,14,16H,6,9-10,13H2,1-2H3. The van der Waals surface area contributed by atoms with E-state index in [4.69, 9.17) is 0 Å². The van der Waals surface area contributed by atoms with Crippen molar-refractivity contribution in [2.45, 2.75) is 39.2 Å². The smallest absolute Gasteiger partial charge is 0.00105 e. The quantitative estimate of drug-likeness (QED) is 0.544. The first-order valence-electron chi connectivity index (χ1n) is 6.21. The van der Waals surface area contributed by atoms with Crippen LogP contribution in [0.2, 0.25) is 0 Å². The summed E-state index contributed by atoms with van der Waals surface area (Å²) in [4.78, 5) is 0. The topological polar surface area (TPSA) is 12.0 Å². The SMILES string of the molecule is CC(C)NCCC=CCCc1ccccc1. The van der Waals surface area contributed by atoms with Gasteiger partial charge >= 0.3 is 0 Å². The normalized spacial score (nSPS) is 11.4. The summed E-state index contributed by atoms with van der Waals surface area (Å²) in [5.41, 5.74) is 1.42. The van der Waals surface area contributed by atoms with E-state index in [0.717, 1.165) is 25.8 Å². The number of rotatable bonds is 7. The molecule has 0 heterocycles. The van der Waals surface area contributed by atoms with Crippen molar-refractivity contribution < 1.29 is 0 Å². The molecule has 1 rings (SSSR count). The maximum Gasteiger partial charge on any atom is 0.00105 e. The van der Waals surface area contributed by atoms with Crippen molar-refractivity contribution in [3.63, 3.8) is 0 Å². The van der Waals surface area contributed by atoms with Gasteiger partial charge in [-0.3, -0.25) is 0 Å². The maximum atomic E-state index is 3.40. The van der Waals surface area contributed by atoms with Gasteiger partial charge in [-0.1, -0.05) is 56.3 Å². The van der Waals surface area contributed by atoms with Crippen molar-refractivity contribution in [2.75, 3.05) is 6.54 Å². The molecule has 0 unspecified atom stereocenters. The summed E-state index contributed by atoms with van der Waals surface area (Å²) in [6.07, 6.45) is 7.99. The molecule has 1 heteroatoms. The molecule has 0 aliphatic heterocycles. The molecule has 16 heavy (non-hydrogen) atoms. The molecule has 0 saturated heterocycles. The first kappa shape index (κ1) is 13.0. The molecule has 0 bridgehead atoms. The molecule has 0 fully saturated rings. The molecule has 0 amide bonds. The first-order valence-corrected chi connectivity index (χ1v) is 6.21. The van der Waals surface area contributed by atoms with Gasteiger partial charge in [-0.25, -0.2) is 0 Å². The highest BCUT2D eigenvalue weighted by atomic mass is 14.9. The van der Waals surface area contributed by atoms with Crippen molar-refractivity contribution in [3.05, 3.63) is 48.0 Å². The monoisotopic (exact) mass is 217 g/mol. The van der Waals surface area contributed by atoms with Gasteiger partial charge in [0.15, 0.2) is 0 Å². The zero-order valence-electron chi connectivity index (χ0n) is 10.4. The summed E-state index contributed by atoms with van der Waals surface area (Å²) in [5, 5.41) is 3.40. The van der Waals surface area contributed by atoms with E-state index in [9.17, 15) is 0 Å². The Balaban J connectivity index is 2.05. The molecule has 1 aromatic carbocycles. The van der Waals surface area contributed by atoms with Gasteiger partial charge in [-0.2, -0.15) is 0 Å². The van der Waals surface area contributed by atoms with Crippen LogP contribution in [-0.2, 0) is 6.42 Å². The second-order valence-electron chi connectivity index (χ2n) is 4.39. The molecule has 0 aromatic heterocycles. The van der Waals surface area contributed by atoms with Crippen molar-refractivity contribution >= 4 is 0 Å². The first-order chi connectivity index (χ1) is 7.79. The van der Waals surface area contributed by atoms with Crippen LogP contribution in [-0.4, -0.2) is 12.6 Å².